The number of Topliss-reactive ketones (excluding diaryl/α,β-unsaturated/α-hetero) is 1. The van der Waals surface area contributed by atoms with Crippen LogP contribution in [0, 0.1) is 5.92 Å². The Labute approximate surface area is 112 Å². The second-order valence-electron chi connectivity index (χ2n) is 5.11. The molecule has 0 N–H and O–H groups in total. The van der Waals surface area contributed by atoms with Crippen molar-refractivity contribution >= 4 is 5.78 Å². The van der Waals surface area contributed by atoms with Gasteiger partial charge in [0.15, 0.2) is 5.78 Å². The zero-order valence-electron chi connectivity index (χ0n) is 12.1. The number of hydrogen-bond acceptors (Lipinski definition) is 2. The number of ketones is 1. The summed E-state index contributed by atoms with van der Waals surface area (Å²) in [6.07, 6.45) is 10.7. The predicted octanol–water partition coefficient (Wildman–Crippen LogP) is 3.59. The molecule has 0 unspecified atom stereocenters. The van der Waals surface area contributed by atoms with E-state index in [0.29, 0.717) is 6.54 Å². The first-order chi connectivity index (χ1) is 8.71. The van der Waals surface area contributed by atoms with Crippen molar-refractivity contribution in [3.8, 4) is 0 Å². The van der Waals surface area contributed by atoms with Gasteiger partial charge in [-0.3, -0.25) is 9.69 Å². The molecule has 1 rings (SSSR count). The van der Waals surface area contributed by atoms with E-state index in [9.17, 15) is 4.79 Å². The number of likely N-dealkylation sites (tertiary alicyclic amines) is 1. The summed E-state index contributed by atoms with van der Waals surface area (Å²) >= 11 is 0. The molecule has 2 nitrogen and oxygen atoms in total. The molecule has 1 fully saturated rings. The highest BCUT2D eigenvalue weighted by atomic mass is 16.1. The number of hydrogen-bond donors (Lipinski definition) is 0. The van der Waals surface area contributed by atoms with Crippen LogP contribution in [0.4, 0.5) is 0 Å². The first-order valence-electron chi connectivity index (χ1n) is 7.29. The first kappa shape index (κ1) is 15.2. The van der Waals surface area contributed by atoms with Crippen LogP contribution in [0.2, 0.25) is 0 Å². The fourth-order valence-corrected chi connectivity index (χ4v) is 2.44. The molecule has 0 aliphatic carbocycles. The van der Waals surface area contributed by atoms with Crippen LogP contribution in [0.3, 0.4) is 0 Å². The van der Waals surface area contributed by atoms with Gasteiger partial charge in [-0.2, -0.15) is 0 Å². The van der Waals surface area contributed by atoms with E-state index in [2.05, 4.69) is 24.8 Å². The first-order valence-corrected chi connectivity index (χ1v) is 7.29. The van der Waals surface area contributed by atoms with Gasteiger partial charge in [0.1, 0.15) is 0 Å². The second kappa shape index (κ2) is 8.25. The van der Waals surface area contributed by atoms with E-state index in [1.807, 2.05) is 19.1 Å². The lowest BCUT2D eigenvalue weighted by molar-refractivity contribution is -0.116. The zero-order chi connectivity index (χ0) is 13.4. The summed E-state index contributed by atoms with van der Waals surface area (Å²) in [5.74, 6) is 1.13. The van der Waals surface area contributed by atoms with Gasteiger partial charge in [0.25, 0.3) is 0 Å². The third-order valence-electron chi connectivity index (χ3n) is 3.82. The molecule has 0 aromatic heterocycles. The maximum Gasteiger partial charge on any atom is 0.176 e. The Hall–Kier alpha value is -0.890. The summed E-state index contributed by atoms with van der Waals surface area (Å²) in [6, 6.07) is 0. The van der Waals surface area contributed by atoms with Crippen molar-refractivity contribution in [1.82, 2.24) is 4.90 Å². The summed E-state index contributed by atoms with van der Waals surface area (Å²) in [5, 5.41) is 0. The van der Waals surface area contributed by atoms with Crippen molar-refractivity contribution in [3.05, 3.63) is 23.8 Å². The zero-order valence-corrected chi connectivity index (χ0v) is 12.1. The normalized spacial score (nSPS) is 19.6. The SMILES string of the molecule is C/C=C(\C=C/CC)C(=O)CN1CCC(CC)CC1. The van der Waals surface area contributed by atoms with Gasteiger partial charge >= 0.3 is 0 Å². The van der Waals surface area contributed by atoms with Gasteiger partial charge in [-0.05, 0) is 45.2 Å². The topological polar surface area (TPSA) is 20.3 Å². The van der Waals surface area contributed by atoms with Crippen LogP contribution in [0.15, 0.2) is 23.8 Å². The molecule has 1 aliphatic heterocycles. The highest BCUT2D eigenvalue weighted by Crippen LogP contribution is 2.20. The molecule has 2 heteroatoms. The minimum absolute atomic E-state index is 0.261. The van der Waals surface area contributed by atoms with Crippen molar-refractivity contribution in [2.24, 2.45) is 5.92 Å². The maximum atomic E-state index is 12.1. The summed E-state index contributed by atoms with van der Waals surface area (Å²) in [4.78, 5) is 14.4. The average Bonchev–Trinajstić information content (AvgIpc) is 2.40. The van der Waals surface area contributed by atoms with E-state index >= 15 is 0 Å². The highest BCUT2D eigenvalue weighted by Gasteiger charge is 2.20. The molecule has 0 saturated carbocycles. The lowest BCUT2D eigenvalue weighted by atomic mass is 9.94. The van der Waals surface area contributed by atoms with Gasteiger partial charge < -0.3 is 0 Å². The maximum absolute atomic E-state index is 12.1. The van der Waals surface area contributed by atoms with Gasteiger partial charge in [0.2, 0.25) is 0 Å². The molecule has 0 spiro atoms. The monoisotopic (exact) mass is 249 g/mol. The smallest absolute Gasteiger partial charge is 0.176 e. The van der Waals surface area contributed by atoms with Crippen molar-refractivity contribution < 1.29 is 4.79 Å². The van der Waals surface area contributed by atoms with Gasteiger partial charge in [-0.1, -0.05) is 38.5 Å². The Balaban J connectivity index is 2.43. The summed E-state index contributed by atoms with van der Waals surface area (Å²) in [7, 11) is 0. The molecule has 1 heterocycles. The van der Waals surface area contributed by atoms with Gasteiger partial charge in [-0.15, -0.1) is 0 Å². The van der Waals surface area contributed by atoms with Crippen LogP contribution in [0.1, 0.15) is 46.5 Å². The van der Waals surface area contributed by atoms with Crippen molar-refractivity contribution in [3.63, 3.8) is 0 Å². The fraction of sp³-hybridized carbons (Fsp3) is 0.688. The Kier molecular flexibility index (Phi) is 6.96. The molecule has 1 saturated heterocycles. The number of piperidine rings is 1. The molecular weight excluding hydrogens is 222 g/mol. The third kappa shape index (κ3) is 4.77. The summed E-state index contributed by atoms with van der Waals surface area (Å²) in [5.41, 5.74) is 0.856. The van der Waals surface area contributed by atoms with E-state index in [-0.39, 0.29) is 5.78 Å². The predicted molar refractivity (Wildman–Crippen MR) is 77.7 cm³/mol. The van der Waals surface area contributed by atoms with E-state index in [4.69, 9.17) is 0 Å². The van der Waals surface area contributed by atoms with Crippen LogP contribution in [0.5, 0.6) is 0 Å². The highest BCUT2D eigenvalue weighted by molar-refractivity contribution is 5.99. The average molecular weight is 249 g/mol. The van der Waals surface area contributed by atoms with Crippen molar-refractivity contribution in [2.75, 3.05) is 19.6 Å². The van der Waals surface area contributed by atoms with Crippen LogP contribution >= 0.6 is 0 Å². The molecule has 0 amide bonds. The fourth-order valence-electron chi connectivity index (χ4n) is 2.44. The van der Waals surface area contributed by atoms with E-state index in [0.717, 1.165) is 31.0 Å². The molecule has 0 atom stereocenters. The van der Waals surface area contributed by atoms with E-state index in [1.165, 1.54) is 19.3 Å². The number of rotatable bonds is 6. The van der Waals surface area contributed by atoms with Crippen molar-refractivity contribution in [2.45, 2.75) is 46.5 Å². The molecule has 0 bridgehead atoms. The minimum Gasteiger partial charge on any atom is -0.296 e. The number of nitrogens with zero attached hydrogens (tertiary/aromatic N) is 1. The van der Waals surface area contributed by atoms with Gasteiger partial charge in [0.05, 0.1) is 6.54 Å². The van der Waals surface area contributed by atoms with Crippen LogP contribution in [0.25, 0.3) is 0 Å². The summed E-state index contributed by atoms with van der Waals surface area (Å²) in [6.45, 7) is 9.04. The molecule has 1 aliphatic rings. The van der Waals surface area contributed by atoms with Gasteiger partial charge in [0, 0.05) is 5.57 Å². The molecule has 0 aromatic carbocycles. The summed E-state index contributed by atoms with van der Waals surface area (Å²) < 4.78 is 0. The van der Waals surface area contributed by atoms with E-state index in [1.54, 1.807) is 0 Å². The third-order valence-corrected chi connectivity index (χ3v) is 3.82. The largest absolute Gasteiger partial charge is 0.296 e. The molecule has 102 valence electrons. The lowest BCUT2D eigenvalue weighted by Crippen LogP contribution is -2.37. The minimum atomic E-state index is 0.261. The van der Waals surface area contributed by atoms with Gasteiger partial charge in [-0.25, -0.2) is 0 Å². The molecule has 0 radical (unpaired) electrons. The van der Waals surface area contributed by atoms with Crippen LogP contribution in [-0.2, 0) is 4.79 Å². The molecule has 18 heavy (non-hydrogen) atoms. The number of allylic oxidation sites excluding steroid dienone is 3. The molecule has 0 aromatic rings. The Morgan fingerprint density at radius 3 is 2.44 bits per heavy atom. The Morgan fingerprint density at radius 2 is 1.94 bits per heavy atom. The standard InChI is InChI=1S/C16H27NO/c1-4-7-8-15(6-3)16(18)13-17-11-9-14(5-2)10-12-17/h6-8,14H,4-5,9-13H2,1-3H3/b8-7-,15-6+. The number of carbonyl (C=O) groups excluding carboxylic acids is 1. The van der Waals surface area contributed by atoms with E-state index < -0.39 is 0 Å². The van der Waals surface area contributed by atoms with Crippen LogP contribution < -0.4 is 0 Å². The quantitative estimate of drug-likeness (QED) is 0.529. The molecular formula is C16H27NO. The Bertz CT molecular complexity index is 309. The second-order valence-corrected chi connectivity index (χ2v) is 5.11. The Morgan fingerprint density at radius 1 is 1.28 bits per heavy atom. The number of carbonyl (C=O) groups is 1. The van der Waals surface area contributed by atoms with Crippen LogP contribution in [-0.4, -0.2) is 30.3 Å². The lowest BCUT2D eigenvalue weighted by Gasteiger charge is -2.30. The van der Waals surface area contributed by atoms with Crippen molar-refractivity contribution in [1.29, 1.82) is 0 Å².